The summed E-state index contributed by atoms with van der Waals surface area (Å²) < 4.78 is 1.85. The minimum absolute atomic E-state index is 0.136. The summed E-state index contributed by atoms with van der Waals surface area (Å²) >= 11 is 0. The van der Waals surface area contributed by atoms with E-state index in [0.717, 1.165) is 31.9 Å². The average Bonchev–Trinajstić information content (AvgIpc) is 2.52. The first-order valence-corrected chi connectivity index (χ1v) is 5.42. The second-order valence-electron chi connectivity index (χ2n) is 4.37. The lowest BCUT2D eigenvalue weighted by Gasteiger charge is -2.10. The first-order chi connectivity index (χ1) is 7.58. The van der Waals surface area contributed by atoms with Crippen molar-refractivity contribution < 1.29 is 4.79 Å². The maximum atomic E-state index is 11.7. The molecule has 6 heteroatoms. The second kappa shape index (κ2) is 4.21. The maximum absolute atomic E-state index is 11.7. The van der Waals surface area contributed by atoms with E-state index in [0.29, 0.717) is 5.82 Å². The topological polar surface area (TPSA) is 54.3 Å². The predicted octanol–water partition coefficient (Wildman–Crippen LogP) is -0.185. The van der Waals surface area contributed by atoms with Crippen LogP contribution in [-0.4, -0.2) is 58.2 Å². The highest BCUT2D eigenvalue weighted by Crippen LogP contribution is 2.09. The summed E-state index contributed by atoms with van der Waals surface area (Å²) in [5.74, 6) is 1.05. The number of aromatic nitrogens is 3. The van der Waals surface area contributed by atoms with Gasteiger partial charge in [0.05, 0.1) is 6.54 Å². The van der Waals surface area contributed by atoms with Crippen LogP contribution in [0.4, 0.5) is 0 Å². The smallest absolute Gasteiger partial charge is 0.293 e. The lowest BCUT2D eigenvalue weighted by molar-refractivity contribution is 0.0815. The molecule has 1 amide bonds. The Balaban J connectivity index is 2.26. The summed E-state index contributed by atoms with van der Waals surface area (Å²) in [4.78, 5) is 19.7. The quantitative estimate of drug-likeness (QED) is 0.662. The average molecular weight is 223 g/mol. The van der Waals surface area contributed by atoms with Crippen molar-refractivity contribution in [2.75, 3.05) is 27.7 Å². The van der Waals surface area contributed by atoms with Gasteiger partial charge in [0.25, 0.3) is 5.91 Å². The van der Waals surface area contributed by atoms with Crippen molar-refractivity contribution >= 4 is 5.91 Å². The molecule has 16 heavy (non-hydrogen) atoms. The van der Waals surface area contributed by atoms with Crippen molar-refractivity contribution in [2.45, 2.75) is 19.5 Å². The number of hydrogen-bond donors (Lipinski definition) is 0. The zero-order valence-electron chi connectivity index (χ0n) is 9.97. The van der Waals surface area contributed by atoms with Gasteiger partial charge in [-0.1, -0.05) is 0 Å². The monoisotopic (exact) mass is 223 g/mol. The highest BCUT2D eigenvalue weighted by atomic mass is 16.2. The van der Waals surface area contributed by atoms with Gasteiger partial charge in [0.2, 0.25) is 5.82 Å². The summed E-state index contributed by atoms with van der Waals surface area (Å²) in [5.41, 5.74) is 0. The molecular formula is C10H17N5O. The Morgan fingerprint density at radius 1 is 1.38 bits per heavy atom. The number of aryl methyl sites for hydroxylation is 1. The zero-order chi connectivity index (χ0) is 11.7. The van der Waals surface area contributed by atoms with Crippen molar-refractivity contribution in [3.8, 4) is 0 Å². The van der Waals surface area contributed by atoms with Crippen LogP contribution >= 0.6 is 0 Å². The van der Waals surface area contributed by atoms with Gasteiger partial charge in [-0.15, -0.1) is 5.10 Å². The molecule has 1 aromatic rings. The molecule has 0 radical (unpaired) electrons. The molecule has 2 heterocycles. The van der Waals surface area contributed by atoms with Gasteiger partial charge in [0.15, 0.2) is 0 Å². The third kappa shape index (κ3) is 2.06. The van der Waals surface area contributed by atoms with Gasteiger partial charge in [-0.2, -0.15) is 0 Å². The maximum Gasteiger partial charge on any atom is 0.293 e. The minimum atomic E-state index is -0.136. The lowest BCUT2D eigenvalue weighted by atomic mass is 10.4. The Bertz CT molecular complexity index is 398. The van der Waals surface area contributed by atoms with Crippen molar-refractivity contribution in [3.63, 3.8) is 0 Å². The number of amides is 1. The van der Waals surface area contributed by atoms with Crippen LogP contribution in [0.1, 0.15) is 22.9 Å². The van der Waals surface area contributed by atoms with E-state index in [1.807, 2.05) is 4.68 Å². The molecule has 0 bridgehead atoms. The third-order valence-corrected chi connectivity index (χ3v) is 2.67. The molecular weight excluding hydrogens is 206 g/mol. The third-order valence-electron chi connectivity index (χ3n) is 2.67. The summed E-state index contributed by atoms with van der Waals surface area (Å²) in [7, 11) is 5.47. The van der Waals surface area contributed by atoms with E-state index < -0.39 is 0 Å². The molecule has 0 saturated carbocycles. The highest BCUT2D eigenvalue weighted by Gasteiger charge is 2.20. The molecule has 0 N–H and O–H groups in total. The van der Waals surface area contributed by atoms with Gasteiger partial charge in [0.1, 0.15) is 5.82 Å². The van der Waals surface area contributed by atoms with Gasteiger partial charge in [-0.25, -0.2) is 9.67 Å². The van der Waals surface area contributed by atoms with Crippen LogP contribution in [0, 0.1) is 0 Å². The Morgan fingerprint density at radius 3 is 2.81 bits per heavy atom. The standard InChI is InChI=1S/C10H17N5O/c1-13(2)10(16)9-11-8-7-14(3)5-4-6-15(8)12-9/h4-7H2,1-3H3. The van der Waals surface area contributed by atoms with Crippen LogP contribution in [0.15, 0.2) is 0 Å². The SMILES string of the molecule is CN1CCCn2nc(C(=O)N(C)C)nc2C1. The second-order valence-corrected chi connectivity index (χ2v) is 4.37. The van der Waals surface area contributed by atoms with Crippen LogP contribution in [0.5, 0.6) is 0 Å². The van der Waals surface area contributed by atoms with Gasteiger partial charge in [-0.05, 0) is 13.5 Å². The molecule has 0 aliphatic carbocycles. The van der Waals surface area contributed by atoms with Gasteiger partial charge >= 0.3 is 0 Å². The normalized spacial score (nSPS) is 16.7. The van der Waals surface area contributed by atoms with Crippen LogP contribution < -0.4 is 0 Å². The Labute approximate surface area is 94.9 Å². The number of rotatable bonds is 1. The highest BCUT2D eigenvalue weighted by molar-refractivity contribution is 5.89. The van der Waals surface area contributed by atoms with Crippen molar-refractivity contribution in [1.82, 2.24) is 24.6 Å². The molecule has 0 unspecified atom stereocenters. The summed E-state index contributed by atoms with van der Waals surface area (Å²) in [5, 5.41) is 4.25. The molecule has 1 aliphatic heterocycles. The molecule has 88 valence electrons. The molecule has 0 saturated heterocycles. The first kappa shape index (κ1) is 11.1. The van der Waals surface area contributed by atoms with Gasteiger partial charge in [0, 0.05) is 27.2 Å². The summed E-state index contributed by atoms with van der Waals surface area (Å²) in [6.07, 6.45) is 1.04. The molecule has 0 atom stereocenters. The van der Waals surface area contributed by atoms with Crippen LogP contribution in [0.2, 0.25) is 0 Å². The number of hydrogen-bond acceptors (Lipinski definition) is 4. The zero-order valence-corrected chi connectivity index (χ0v) is 9.97. The molecule has 0 fully saturated rings. The van der Waals surface area contributed by atoms with Crippen LogP contribution in [0.3, 0.4) is 0 Å². The van der Waals surface area contributed by atoms with Crippen molar-refractivity contribution in [2.24, 2.45) is 0 Å². The Morgan fingerprint density at radius 2 is 2.12 bits per heavy atom. The summed E-state index contributed by atoms with van der Waals surface area (Å²) in [6, 6.07) is 0. The minimum Gasteiger partial charge on any atom is -0.342 e. The molecule has 1 aromatic heterocycles. The van der Waals surface area contributed by atoms with Crippen LogP contribution in [-0.2, 0) is 13.1 Å². The van der Waals surface area contributed by atoms with E-state index in [-0.39, 0.29) is 5.91 Å². The van der Waals surface area contributed by atoms with E-state index in [1.54, 1.807) is 14.1 Å². The molecule has 1 aliphatic rings. The number of nitrogens with zero attached hydrogens (tertiary/aromatic N) is 5. The fourth-order valence-corrected chi connectivity index (χ4v) is 1.77. The number of carbonyl (C=O) groups excluding carboxylic acids is 1. The molecule has 6 nitrogen and oxygen atoms in total. The summed E-state index contributed by atoms with van der Waals surface area (Å²) in [6.45, 7) is 2.64. The fourth-order valence-electron chi connectivity index (χ4n) is 1.77. The Kier molecular flexibility index (Phi) is 2.91. The predicted molar refractivity (Wildman–Crippen MR) is 59.0 cm³/mol. The lowest BCUT2D eigenvalue weighted by Crippen LogP contribution is -2.23. The van der Waals surface area contributed by atoms with E-state index in [2.05, 4.69) is 22.0 Å². The van der Waals surface area contributed by atoms with Crippen molar-refractivity contribution in [1.29, 1.82) is 0 Å². The molecule has 2 rings (SSSR count). The van der Waals surface area contributed by atoms with E-state index in [9.17, 15) is 4.79 Å². The number of fused-ring (bicyclic) bond motifs is 1. The Hall–Kier alpha value is -1.43. The van der Waals surface area contributed by atoms with Gasteiger partial charge < -0.3 is 4.90 Å². The first-order valence-electron chi connectivity index (χ1n) is 5.42. The largest absolute Gasteiger partial charge is 0.342 e. The van der Waals surface area contributed by atoms with E-state index >= 15 is 0 Å². The van der Waals surface area contributed by atoms with Gasteiger partial charge in [-0.3, -0.25) is 9.69 Å². The van der Waals surface area contributed by atoms with Crippen molar-refractivity contribution in [3.05, 3.63) is 11.6 Å². The molecule has 0 aromatic carbocycles. The van der Waals surface area contributed by atoms with E-state index in [4.69, 9.17) is 0 Å². The van der Waals surface area contributed by atoms with E-state index in [1.165, 1.54) is 4.90 Å². The van der Waals surface area contributed by atoms with Crippen LogP contribution in [0.25, 0.3) is 0 Å². The fraction of sp³-hybridized carbons (Fsp3) is 0.700. The number of carbonyl (C=O) groups is 1. The molecule has 0 spiro atoms.